The van der Waals surface area contributed by atoms with Crippen LogP contribution in [-0.2, 0) is 11.8 Å². The molecule has 0 fully saturated rings. The van der Waals surface area contributed by atoms with Gasteiger partial charge in [-0.15, -0.1) is 11.3 Å². The van der Waals surface area contributed by atoms with Gasteiger partial charge in [0.1, 0.15) is 0 Å². The molecule has 0 saturated heterocycles. The Morgan fingerprint density at radius 3 is 2.81 bits per heavy atom. The normalized spacial score (nSPS) is 11.4. The summed E-state index contributed by atoms with van der Waals surface area (Å²) >= 11 is 1.67. The monoisotopic (exact) mass is 304 g/mol. The van der Waals surface area contributed by atoms with Gasteiger partial charge >= 0.3 is 0 Å². The number of hydrogen-bond donors (Lipinski definition) is 2. The Balaban J connectivity index is 1.96. The molecule has 0 atom stereocenters. The van der Waals surface area contributed by atoms with Crippen molar-refractivity contribution in [2.24, 2.45) is 5.73 Å². The van der Waals surface area contributed by atoms with E-state index in [0.717, 1.165) is 17.1 Å². The fourth-order valence-electron chi connectivity index (χ4n) is 1.82. The maximum absolute atomic E-state index is 11.3. The Morgan fingerprint density at radius 1 is 1.43 bits per heavy atom. The van der Waals surface area contributed by atoms with Crippen LogP contribution in [0.25, 0.3) is 0 Å². The lowest BCUT2D eigenvalue weighted by Gasteiger charge is -2.14. The van der Waals surface area contributed by atoms with Gasteiger partial charge in [0.25, 0.3) is 5.91 Å². The zero-order valence-corrected chi connectivity index (χ0v) is 13.3. The molecule has 112 valence electrons. The molecule has 2 aromatic rings. The number of primary amides is 1. The largest absolute Gasteiger partial charge is 0.384 e. The van der Waals surface area contributed by atoms with Gasteiger partial charge < -0.3 is 11.1 Å². The quantitative estimate of drug-likeness (QED) is 0.889. The van der Waals surface area contributed by atoms with Crippen LogP contribution in [0.5, 0.6) is 0 Å². The molecule has 5 nitrogen and oxygen atoms in total. The molecule has 3 N–H and O–H groups in total. The molecule has 2 aromatic heterocycles. The zero-order chi connectivity index (χ0) is 15.5. The van der Waals surface area contributed by atoms with E-state index >= 15 is 0 Å². The average Bonchev–Trinajstić information content (AvgIpc) is 2.88. The summed E-state index contributed by atoms with van der Waals surface area (Å²) in [5.41, 5.74) is 7.63. The zero-order valence-electron chi connectivity index (χ0n) is 12.5. The first-order valence-corrected chi connectivity index (χ1v) is 7.68. The topological polar surface area (TPSA) is 80.9 Å². The number of amides is 1. The van der Waals surface area contributed by atoms with Crippen LogP contribution < -0.4 is 11.1 Å². The number of carbonyl (C=O) groups excluding carboxylic acids is 1. The summed E-state index contributed by atoms with van der Waals surface area (Å²) in [6.07, 6.45) is 3.92. The summed E-state index contributed by atoms with van der Waals surface area (Å²) in [4.78, 5) is 19.9. The predicted molar refractivity (Wildman–Crippen MR) is 85.8 cm³/mol. The van der Waals surface area contributed by atoms with E-state index < -0.39 is 5.91 Å². The molecule has 0 aliphatic heterocycles. The second kappa shape index (κ2) is 6.22. The van der Waals surface area contributed by atoms with E-state index in [1.165, 1.54) is 6.20 Å². The number of aromatic nitrogens is 2. The number of hydrogen-bond acceptors (Lipinski definition) is 5. The second-order valence-corrected chi connectivity index (χ2v) is 6.78. The highest BCUT2D eigenvalue weighted by Gasteiger charge is 2.17. The van der Waals surface area contributed by atoms with Gasteiger partial charge in [0, 0.05) is 36.2 Å². The minimum absolute atomic E-state index is 0.0758. The van der Waals surface area contributed by atoms with Crippen molar-refractivity contribution in [1.82, 2.24) is 9.97 Å². The summed E-state index contributed by atoms with van der Waals surface area (Å²) in [6.45, 7) is 7.15. The van der Waals surface area contributed by atoms with Gasteiger partial charge in [-0.3, -0.25) is 9.78 Å². The molecule has 1 amide bonds. The summed E-state index contributed by atoms with van der Waals surface area (Å²) in [5.74, 6) is -0.477. The molecular formula is C15H20N4OS. The van der Waals surface area contributed by atoms with Crippen LogP contribution in [0.1, 0.15) is 41.8 Å². The summed E-state index contributed by atoms with van der Waals surface area (Å²) in [5, 5.41) is 6.41. The standard InChI is InChI=1S/C15H20N4OS/c1-15(2,3)12-9-21-13(19-12)5-7-18-11-4-6-17-8-10(11)14(16)20/h4,6,8-9H,5,7H2,1-3H3,(H2,16,20)(H,17,18). The third-order valence-corrected chi connectivity index (χ3v) is 3.97. The van der Waals surface area contributed by atoms with Gasteiger partial charge in [-0.2, -0.15) is 0 Å². The SMILES string of the molecule is CC(C)(C)c1csc(CCNc2ccncc2C(N)=O)n1. The van der Waals surface area contributed by atoms with Crippen LogP contribution in [0.2, 0.25) is 0 Å². The number of nitrogens with zero attached hydrogens (tertiary/aromatic N) is 2. The number of nitrogens with two attached hydrogens (primary N) is 1. The fraction of sp³-hybridized carbons (Fsp3) is 0.400. The van der Waals surface area contributed by atoms with Crippen LogP contribution in [-0.4, -0.2) is 22.4 Å². The first-order chi connectivity index (χ1) is 9.88. The van der Waals surface area contributed by atoms with E-state index in [-0.39, 0.29) is 5.41 Å². The van der Waals surface area contributed by atoms with Gasteiger partial charge in [0.05, 0.1) is 22.0 Å². The molecule has 0 unspecified atom stereocenters. The first kappa shape index (κ1) is 15.4. The molecule has 21 heavy (non-hydrogen) atoms. The lowest BCUT2D eigenvalue weighted by molar-refractivity contribution is 0.100. The van der Waals surface area contributed by atoms with Crippen molar-refractivity contribution in [3.05, 3.63) is 40.1 Å². The van der Waals surface area contributed by atoms with Crippen LogP contribution in [0, 0.1) is 0 Å². The van der Waals surface area contributed by atoms with Gasteiger partial charge in [0.2, 0.25) is 0 Å². The van der Waals surface area contributed by atoms with Crippen molar-refractivity contribution in [3.8, 4) is 0 Å². The van der Waals surface area contributed by atoms with E-state index in [4.69, 9.17) is 5.73 Å². The van der Waals surface area contributed by atoms with Crippen LogP contribution in [0.15, 0.2) is 23.8 Å². The molecule has 0 bridgehead atoms. The average molecular weight is 304 g/mol. The Kier molecular flexibility index (Phi) is 4.57. The molecule has 0 saturated carbocycles. The molecule has 0 spiro atoms. The van der Waals surface area contributed by atoms with Crippen molar-refractivity contribution in [3.63, 3.8) is 0 Å². The highest BCUT2D eigenvalue weighted by molar-refractivity contribution is 7.09. The van der Waals surface area contributed by atoms with E-state index in [9.17, 15) is 4.79 Å². The molecule has 2 rings (SSSR count). The van der Waals surface area contributed by atoms with Gasteiger partial charge in [-0.25, -0.2) is 4.98 Å². The first-order valence-electron chi connectivity index (χ1n) is 6.80. The van der Waals surface area contributed by atoms with Crippen LogP contribution >= 0.6 is 11.3 Å². The maximum atomic E-state index is 11.3. The predicted octanol–water partition coefficient (Wildman–Crippen LogP) is 2.59. The summed E-state index contributed by atoms with van der Waals surface area (Å²) in [7, 11) is 0. The molecule has 0 aliphatic rings. The fourth-order valence-corrected chi connectivity index (χ4v) is 2.84. The highest BCUT2D eigenvalue weighted by Crippen LogP contribution is 2.24. The molecule has 2 heterocycles. The van der Waals surface area contributed by atoms with Gasteiger partial charge in [0.15, 0.2) is 0 Å². The lowest BCUT2D eigenvalue weighted by atomic mass is 9.93. The molecule has 0 radical (unpaired) electrons. The summed E-state index contributed by atoms with van der Waals surface area (Å²) < 4.78 is 0. The van der Waals surface area contributed by atoms with E-state index in [1.54, 1.807) is 23.6 Å². The van der Waals surface area contributed by atoms with Crippen molar-refractivity contribution in [2.75, 3.05) is 11.9 Å². The molecule has 0 aromatic carbocycles. The number of carbonyl (C=O) groups is 1. The van der Waals surface area contributed by atoms with Gasteiger partial charge in [-0.05, 0) is 6.07 Å². The number of anilines is 1. The molecule has 0 aliphatic carbocycles. The summed E-state index contributed by atoms with van der Waals surface area (Å²) in [6, 6.07) is 1.75. The van der Waals surface area contributed by atoms with Gasteiger partial charge in [-0.1, -0.05) is 20.8 Å². The third-order valence-electron chi connectivity index (χ3n) is 3.06. The Morgan fingerprint density at radius 2 is 2.19 bits per heavy atom. The molecule has 6 heteroatoms. The van der Waals surface area contributed by atoms with E-state index in [0.29, 0.717) is 17.8 Å². The number of pyridine rings is 1. The maximum Gasteiger partial charge on any atom is 0.252 e. The smallest absolute Gasteiger partial charge is 0.252 e. The highest BCUT2D eigenvalue weighted by atomic mass is 32.1. The van der Waals surface area contributed by atoms with Crippen molar-refractivity contribution in [2.45, 2.75) is 32.6 Å². The van der Waals surface area contributed by atoms with E-state index in [1.807, 2.05) is 0 Å². The molecular weight excluding hydrogens is 284 g/mol. The van der Waals surface area contributed by atoms with Crippen LogP contribution in [0.4, 0.5) is 5.69 Å². The van der Waals surface area contributed by atoms with Crippen LogP contribution in [0.3, 0.4) is 0 Å². The lowest BCUT2D eigenvalue weighted by Crippen LogP contribution is -2.16. The van der Waals surface area contributed by atoms with Crippen molar-refractivity contribution >= 4 is 22.9 Å². The minimum Gasteiger partial charge on any atom is -0.384 e. The third kappa shape index (κ3) is 4.01. The number of rotatable bonds is 5. The second-order valence-electron chi connectivity index (χ2n) is 5.84. The van der Waals surface area contributed by atoms with Crippen molar-refractivity contribution in [1.29, 1.82) is 0 Å². The number of nitrogens with one attached hydrogen (secondary N) is 1. The Hall–Kier alpha value is -1.95. The minimum atomic E-state index is -0.477. The Labute approximate surface area is 128 Å². The Bertz CT molecular complexity index is 631. The van der Waals surface area contributed by atoms with Crippen molar-refractivity contribution < 1.29 is 4.79 Å². The number of thiazole rings is 1. The van der Waals surface area contributed by atoms with E-state index in [2.05, 4.69) is 41.4 Å².